The number of anilines is 1. The minimum atomic E-state index is -0.330. The lowest BCUT2D eigenvalue weighted by molar-refractivity contribution is -0.127. The van der Waals surface area contributed by atoms with Crippen LogP contribution in [0.1, 0.15) is 31.7 Å². The maximum absolute atomic E-state index is 12.0. The predicted octanol–water partition coefficient (Wildman–Crippen LogP) is 1.92. The SMILES string of the molecule is CCCC1NC(=O)N(CCCc2ccc(N)cc2)C1=O. The van der Waals surface area contributed by atoms with Crippen molar-refractivity contribution in [3.8, 4) is 0 Å². The van der Waals surface area contributed by atoms with Crippen LogP contribution in [0.15, 0.2) is 24.3 Å². The summed E-state index contributed by atoms with van der Waals surface area (Å²) >= 11 is 0. The summed E-state index contributed by atoms with van der Waals surface area (Å²) in [4.78, 5) is 25.1. The molecule has 5 heteroatoms. The van der Waals surface area contributed by atoms with Gasteiger partial charge in [-0.1, -0.05) is 25.5 Å². The van der Waals surface area contributed by atoms with Crippen LogP contribution >= 0.6 is 0 Å². The van der Waals surface area contributed by atoms with Crippen molar-refractivity contribution < 1.29 is 9.59 Å². The molecule has 0 aromatic heterocycles. The third kappa shape index (κ3) is 3.29. The summed E-state index contributed by atoms with van der Waals surface area (Å²) in [6, 6.07) is 7.08. The highest BCUT2D eigenvalue weighted by Gasteiger charge is 2.36. The van der Waals surface area contributed by atoms with E-state index in [1.807, 2.05) is 31.2 Å². The number of nitrogens with two attached hydrogens (primary N) is 1. The first-order chi connectivity index (χ1) is 9.61. The second kappa shape index (κ2) is 6.41. The average molecular weight is 275 g/mol. The number of nitrogens with zero attached hydrogens (tertiary/aromatic N) is 1. The van der Waals surface area contributed by atoms with Crippen LogP contribution in [0.3, 0.4) is 0 Å². The predicted molar refractivity (Wildman–Crippen MR) is 78.1 cm³/mol. The highest BCUT2D eigenvalue weighted by molar-refractivity contribution is 6.04. The van der Waals surface area contributed by atoms with Crippen molar-refractivity contribution in [2.75, 3.05) is 12.3 Å². The van der Waals surface area contributed by atoms with E-state index >= 15 is 0 Å². The molecule has 1 aromatic rings. The van der Waals surface area contributed by atoms with E-state index in [1.54, 1.807) is 0 Å². The fourth-order valence-corrected chi connectivity index (χ4v) is 2.40. The second-order valence-corrected chi connectivity index (χ2v) is 5.13. The molecule has 0 saturated carbocycles. The van der Waals surface area contributed by atoms with Gasteiger partial charge in [-0.05, 0) is 37.0 Å². The van der Waals surface area contributed by atoms with Gasteiger partial charge in [-0.3, -0.25) is 9.69 Å². The summed E-state index contributed by atoms with van der Waals surface area (Å²) in [5.41, 5.74) is 7.53. The zero-order valence-electron chi connectivity index (χ0n) is 11.8. The smallest absolute Gasteiger partial charge is 0.324 e. The lowest BCUT2D eigenvalue weighted by atomic mass is 10.1. The summed E-state index contributed by atoms with van der Waals surface area (Å²) in [7, 11) is 0. The number of hydrogen-bond acceptors (Lipinski definition) is 3. The molecule has 5 nitrogen and oxygen atoms in total. The monoisotopic (exact) mass is 275 g/mol. The van der Waals surface area contributed by atoms with E-state index < -0.39 is 0 Å². The maximum Gasteiger partial charge on any atom is 0.324 e. The van der Waals surface area contributed by atoms with Crippen molar-refractivity contribution in [3.63, 3.8) is 0 Å². The molecule has 108 valence electrons. The zero-order valence-corrected chi connectivity index (χ0v) is 11.8. The number of urea groups is 1. The highest BCUT2D eigenvalue weighted by Crippen LogP contribution is 2.13. The van der Waals surface area contributed by atoms with Crippen LogP contribution < -0.4 is 11.1 Å². The van der Waals surface area contributed by atoms with Gasteiger partial charge >= 0.3 is 6.03 Å². The van der Waals surface area contributed by atoms with Gasteiger partial charge in [0.2, 0.25) is 0 Å². The summed E-state index contributed by atoms with van der Waals surface area (Å²) in [5, 5.41) is 2.73. The molecular weight excluding hydrogens is 254 g/mol. The number of aryl methyl sites for hydroxylation is 1. The van der Waals surface area contributed by atoms with Gasteiger partial charge in [0.25, 0.3) is 5.91 Å². The molecule has 0 radical (unpaired) electrons. The van der Waals surface area contributed by atoms with Crippen LogP contribution in [0.25, 0.3) is 0 Å². The lowest BCUT2D eigenvalue weighted by Gasteiger charge is -2.12. The number of carbonyl (C=O) groups excluding carboxylic acids is 2. The molecule has 0 aliphatic carbocycles. The van der Waals surface area contributed by atoms with Gasteiger partial charge in [-0.2, -0.15) is 0 Å². The van der Waals surface area contributed by atoms with Crippen molar-refractivity contribution in [3.05, 3.63) is 29.8 Å². The zero-order chi connectivity index (χ0) is 14.5. The first-order valence-corrected chi connectivity index (χ1v) is 7.08. The second-order valence-electron chi connectivity index (χ2n) is 5.13. The van der Waals surface area contributed by atoms with E-state index in [1.165, 1.54) is 4.90 Å². The van der Waals surface area contributed by atoms with E-state index in [-0.39, 0.29) is 18.0 Å². The Morgan fingerprint density at radius 1 is 1.25 bits per heavy atom. The van der Waals surface area contributed by atoms with Gasteiger partial charge < -0.3 is 11.1 Å². The molecule has 1 fully saturated rings. The van der Waals surface area contributed by atoms with E-state index in [9.17, 15) is 9.59 Å². The average Bonchev–Trinajstić information content (AvgIpc) is 2.69. The van der Waals surface area contributed by atoms with E-state index in [2.05, 4.69) is 5.32 Å². The number of nitrogen functional groups attached to an aromatic ring is 1. The van der Waals surface area contributed by atoms with Crippen LogP contribution in [0.5, 0.6) is 0 Å². The topological polar surface area (TPSA) is 75.4 Å². The summed E-state index contributed by atoms with van der Waals surface area (Å²) in [6.45, 7) is 2.47. The van der Waals surface area contributed by atoms with E-state index in [0.29, 0.717) is 13.0 Å². The molecule has 1 heterocycles. The fourth-order valence-electron chi connectivity index (χ4n) is 2.40. The van der Waals surface area contributed by atoms with Crippen molar-refractivity contribution in [2.45, 2.75) is 38.6 Å². The number of nitrogens with one attached hydrogen (secondary N) is 1. The van der Waals surface area contributed by atoms with Crippen molar-refractivity contribution in [1.82, 2.24) is 10.2 Å². The Bertz CT molecular complexity index is 484. The minimum absolute atomic E-state index is 0.0887. The molecule has 0 bridgehead atoms. The van der Waals surface area contributed by atoms with Crippen LogP contribution in [0.4, 0.5) is 10.5 Å². The fraction of sp³-hybridized carbons (Fsp3) is 0.467. The van der Waals surface area contributed by atoms with Crippen LogP contribution in [0, 0.1) is 0 Å². The molecule has 2 rings (SSSR count). The van der Waals surface area contributed by atoms with E-state index in [0.717, 1.165) is 30.5 Å². The molecule has 3 N–H and O–H groups in total. The molecule has 1 unspecified atom stereocenters. The van der Waals surface area contributed by atoms with Crippen molar-refractivity contribution in [2.24, 2.45) is 0 Å². The molecule has 3 amide bonds. The highest BCUT2D eigenvalue weighted by atomic mass is 16.2. The molecule has 1 atom stereocenters. The van der Waals surface area contributed by atoms with Crippen LogP contribution in [-0.2, 0) is 11.2 Å². The number of hydrogen-bond donors (Lipinski definition) is 2. The van der Waals surface area contributed by atoms with Gasteiger partial charge in [0.1, 0.15) is 6.04 Å². The van der Waals surface area contributed by atoms with Gasteiger partial charge in [0.05, 0.1) is 0 Å². The molecule has 1 aromatic carbocycles. The molecular formula is C15H21N3O2. The Balaban J connectivity index is 1.83. The van der Waals surface area contributed by atoms with Gasteiger partial charge in [0.15, 0.2) is 0 Å². The standard InChI is InChI=1S/C15H21N3O2/c1-2-4-13-14(19)18(15(20)17-13)10-3-5-11-6-8-12(16)9-7-11/h6-9,13H,2-5,10,16H2,1H3,(H,17,20). The lowest BCUT2D eigenvalue weighted by Crippen LogP contribution is -2.32. The Morgan fingerprint density at radius 2 is 1.95 bits per heavy atom. The number of amides is 3. The maximum atomic E-state index is 12.0. The quantitative estimate of drug-likeness (QED) is 0.615. The summed E-state index contributed by atoms with van der Waals surface area (Å²) in [5.74, 6) is -0.0887. The van der Waals surface area contributed by atoms with Gasteiger partial charge in [0, 0.05) is 12.2 Å². The molecule has 20 heavy (non-hydrogen) atoms. The minimum Gasteiger partial charge on any atom is -0.399 e. The Labute approximate surface area is 119 Å². The third-order valence-electron chi connectivity index (χ3n) is 3.51. The first-order valence-electron chi connectivity index (χ1n) is 7.08. The normalized spacial score (nSPS) is 18.4. The number of rotatable bonds is 6. The summed E-state index contributed by atoms with van der Waals surface area (Å²) in [6.07, 6.45) is 3.19. The van der Waals surface area contributed by atoms with Crippen molar-refractivity contribution >= 4 is 17.6 Å². The van der Waals surface area contributed by atoms with E-state index in [4.69, 9.17) is 5.73 Å². The Hall–Kier alpha value is -2.04. The number of imide groups is 1. The third-order valence-corrected chi connectivity index (χ3v) is 3.51. The van der Waals surface area contributed by atoms with Crippen molar-refractivity contribution in [1.29, 1.82) is 0 Å². The Kier molecular flexibility index (Phi) is 4.61. The summed E-state index contributed by atoms with van der Waals surface area (Å²) < 4.78 is 0. The molecule has 1 saturated heterocycles. The van der Waals surface area contributed by atoms with Crippen LogP contribution in [0.2, 0.25) is 0 Å². The first kappa shape index (κ1) is 14.4. The largest absolute Gasteiger partial charge is 0.399 e. The van der Waals surface area contributed by atoms with Gasteiger partial charge in [-0.25, -0.2) is 4.79 Å². The molecule has 1 aliphatic heterocycles. The van der Waals surface area contributed by atoms with Gasteiger partial charge in [-0.15, -0.1) is 0 Å². The number of carbonyl (C=O) groups is 2. The number of benzene rings is 1. The molecule has 0 spiro atoms. The van der Waals surface area contributed by atoms with Crippen LogP contribution in [-0.4, -0.2) is 29.4 Å². The molecule has 1 aliphatic rings. The Morgan fingerprint density at radius 3 is 2.60 bits per heavy atom.